The average molecular weight is 373 g/mol. The number of halogens is 2. The van der Waals surface area contributed by atoms with Gasteiger partial charge in [0.1, 0.15) is 11.6 Å². The molecule has 0 aromatic heterocycles. The molecule has 0 atom stereocenters. The van der Waals surface area contributed by atoms with E-state index in [4.69, 9.17) is 0 Å². The number of carbonyl (C=O) groups excluding carboxylic acids is 2. The van der Waals surface area contributed by atoms with Crippen LogP contribution in [0.2, 0.25) is 0 Å². The van der Waals surface area contributed by atoms with Crippen LogP contribution in [0.25, 0.3) is 5.57 Å². The van der Waals surface area contributed by atoms with Gasteiger partial charge in [0, 0.05) is 11.3 Å². The summed E-state index contributed by atoms with van der Waals surface area (Å²) in [6.07, 6.45) is 0. The monoisotopic (exact) mass is 373 g/mol. The molecule has 2 amide bonds. The van der Waals surface area contributed by atoms with Crippen molar-refractivity contribution in [1.82, 2.24) is 0 Å². The smallest absolute Gasteiger partial charge is 0.268 e. The zero-order chi connectivity index (χ0) is 19.0. The van der Waals surface area contributed by atoms with Crippen molar-refractivity contribution in [3.63, 3.8) is 0 Å². The molecule has 2 aromatic rings. The fourth-order valence-electron chi connectivity index (χ4n) is 2.71. The van der Waals surface area contributed by atoms with E-state index in [0.717, 1.165) is 28.7 Å². The van der Waals surface area contributed by atoms with Gasteiger partial charge in [0.2, 0.25) is 0 Å². The predicted octanol–water partition coefficient (Wildman–Crippen LogP) is 4.70. The van der Waals surface area contributed by atoms with Gasteiger partial charge in [0.15, 0.2) is 0 Å². The first-order valence-corrected chi connectivity index (χ1v) is 8.99. The summed E-state index contributed by atoms with van der Waals surface area (Å²) in [5.41, 5.74) is 1.44. The van der Waals surface area contributed by atoms with Crippen molar-refractivity contribution < 1.29 is 18.4 Å². The van der Waals surface area contributed by atoms with Crippen molar-refractivity contribution in [2.24, 2.45) is 0 Å². The molecule has 0 bridgehead atoms. The van der Waals surface area contributed by atoms with Gasteiger partial charge in [-0.2, -0.15) is 0 Å². The number of benzene rings is 2. The maximum Gasteiger partial charge on any atom is 0.272 e. The predicted molar refractivity (Wildman–Crippen MR) is 99.7 cm³/mol. The lowest BCUT2D eigenvalue weighted by Gasteiger charge is -2.16. The normalized spacial score (nSPS) is 14.8. The third kappa shape index (κ3) is 3.29. The largest absolute Gasteiger partial charge is 0.272 e. The molecule has 26 heavy (non-hydrogen) atoms. The zero-order valence-corrected chi connectivity index (χ0v) is 15.4. The van der Waals surface area contributed by atoms with Crippen molar-refractivity contribution >= 4 is 34.8 Å². The summed E-state index contributed by atoms with van der Waals surface area (Å²) < 4.78 is 27.8. The minimum Gasteiger partial charge on any atom is -0.268 e. The molecule has 3 nitrogen and oxygen atoms in total. The molecule has 134 valence electrons. The molecule has 1 heterocycles. The second-order valence-corrected chi connectivity index (χ2v) is 7.86. The molecule has 0 saturated heterocycles. The highest BCUT2D eigenvalue weighted by molar-refractivity contribution is 8.04. The number of anilines is 1. The number of carbonyl (C=O) groups is 2. The summed E-state index contributed by atoms with van der Waals surface area (Å²) >= 11 is 1.24. The highest BCUT2D eigenvalue weighted by atomic mass is 32.2. The summed E-state index contributed by atoms with van der Waals surface area (Å²) in [4.78, 5) is 26.9. The van der Waals surface area contributed by atoms with E-state index in [1.165, 1.54) is 11.8 Å². The Hall–Kier alpha value is -2.47. The van der Waals surface area contributed by atoms with Gasteiger partial charge < -0.3 is 0 Å². The van der Waals surface area contributed by atoms with Crippen molar-refractivity contribution in [2.45, 2.75) is 26.0 Å². The highest BCUT2D eigenvalue weighted by Gasteiger charge is 2.41. The zero-order valence-electron chi connectivity index (χ0n) is 14.5. The van der Waals surface area contributed by atoms with Crippen LogP contribution in [0.4, 0.5) is 14.5 Å². The van der Waals surface area contributed by atoms with Gasteiger partial charge in [-0.1, -0.05) is 43.7 Å². The number of hydrogen-bond acceptors (Lipinski definition) is 3. The van der Waals surface area contributed by atoms with Crippen LogP contribution >= 0.6 is 11.8 Å². The number of hydrogen-bond donors (Lipinski definition) is 0. The standard InChI is InChI=1S/C20H17F2NO2S/c1-11(2)26-18-17(13-6-4-12(3)5-7-13)19(24)23(20(18)25)16-10-14(21)8-9-15(16)22/h4-11H,1-3H3. The molecule has 0 unspecified atom stereocenters. The van der Waals surface area contributed by atoms with Crippen LogP contribution in [0.3, 0.4) is 0 Å². The van der Waals surface area contributed by atoms with Gasteiger partial charge in [-0.15, -0.1) is 11.8 Å². The van der Waals surface area contributed by atoms with E-state index in [1.807, 2.05) is 32.9 Å². The van der Waals surface area contributed by atoms with Crippen molar-refractivity contribution in [3.8, 4) is 0 Å². The summed E-state index contributed by atoms with van der Waals surface area (Å²) in [5, 5.41) is 0.0412. The molecule has 0 saturated carbocycles. The molecule has 1 aliphatic rings. The molecule has 0 spiro atoms. The topological polar surface area (TPSA) is 37.4 Å². The number of aryl methyl sites for hydroxylation is 1. The van der Waals surface area contributed by atoms with Gasteiger partial charge in [-0.25, -0.2) is 13.7 Å². The third-order valence-electron chi connectivity index (χ3n) is 3.88. The fraction of sp³-hybridized carbons (Fsp3) is 0.200. The van der Waals surface area contributed by atoms with E-state index in [1.54, 1.807) is 12.1 Å². The third-order valence-corrected chi connectivity index (χ3v) is 4.97. The summed E-state index contributed by atoms with van der Waals surface area (Å²) in [7, 11) is 0. The first-order chi connectivity index (χ1) is 12.3. The Morgan fingerprint density at radius 1 is 0.962 bits per heavy atom. The second kappa shape index (κ2) is 7.03. The number of imide groups is 1. The van der Waals surface area contributed by atoms with Gasteiger partial charge in [0.25, 0.3) is 11.8 Å². The Balaban J connectivity index is 2.14. The molecule has 0 fully saturated rings. The Morgan fingerprint density at radius 2 is 1.62 bits per heavy atom. The highest BCUT2D eigenvalue weighted by Crippen LogP contribution is 2.40. The minimum absolute atomic E-state index is 0.0412. The minimum atomic E-state index is -0.827. The quantitative estimate of drug-likeness (QED) is 0.729. The molecule has 0 aliphatic carbocycles. The molecule has 2 aromatic carbocycles. The summed E-state index contributed by atoms with van der Waals surface area (Å²) in [5.74, 6) is -2.82. The van der Waals surface area contributed by atoms with E-state index in [0.29, 0.717) is 5.56 Å². The lowest BCUT2D eigenvalue weighted by atomic mass is 10.0. The maximum absolute atomic E-state index is 14.2. The van der Waals surface area contributed by atoms with E-state index < -0.39 is 23.4 Å². The van der Waals surface area contributed by atoms with Crippen molar-refractivity contribution in [2.75, 3.05) is 4.90 Å². The Morgan fingerprint density at radius 3 is 2.23 bits per heavy atom. The van der Waals surface area contributed by atoms with E-state index in [9.17, 15) is 18.4 Å². The molecule has 6 heteroatoms. The van der Waals surface area contributed by atoms with Gasteiger partial charge in [0.05, 0.1) is 16.2 Å². The Labute approximate surface area is 154 Å². The van der Waals surface area contributed by atoms with E-state index >= 15 is 0 Å². The van der Waals surface area contributed by atoms with Crippen LogP contribution in [-0.4, -0.2) is 17.1 Å². The number of amides is 2. The number of thioether (sulfide) groups is 1. The Kier molecular flexibility index (Phi) is 4.96. The molecule has 3 rings (SSSR count). The Bertz CT molecular complexity index is 920. The molecule has 0 N–H and O–H groups in total. The second-order valence-electron chi connectivity index (χ2n) is 6.28. The van der Waals surface area contributed by atoms with Crippen molar-refractivity contribution in [3.05, 3.63) is 70.1 Å². The number of nitrogens with zero attached hydrogens (tertiary/aromatic N) is 1. The molecule has 0 radical (unpaired) electrons. The van der Waals surface area contributed by atoms with Crippen LogP contribution in [0.1, 0.15) is 25.0 Å². The van der Waals surface area contributed by atoms with Crippen LogP contribution in [0.5, 0.6) is 0 Å². The average Bonchev–Trinajstić information content (AvgIpc) is 2.81. The SMILES string of the molecule is Cc1ccc(C2=C(SC(C)C)C(=O)N(c3cc(F)ccc3F)C2=O)cc1. The van der Waals surface area contributed by atoms with Crippen molar-refractivity contribution in [1.29, 1.82) is 0 Å². The first kappa shape index (κ1) is 18.3. The van der Waals surface area contributed by atoms with Gasteiger partial charge in [-0.3, -0.25) is 9.59 Å². The number of rotatable bonds is 4. The lowest BCUT2D eigenvalue weighted by molar-refractivity contribution is -0.119. The lowest BCUT2D eigenvalue weighted by Crippen LogP contribution is -2.32. The molecule has 1 aliphatic heterocycles. The van der Waals surface area contributed by atoms with Crippen LogP contribution < -0.4 is 4.90 Å². The van der Waals surface area contributed by atoms with Crippen LogP contribution in [0, 0.1) is 18.6 Å². The molecular formula is C20H17F2NO2S. The van der Waals surface area contributed by atoms with Gasteiger partial charge >= 0.3 is 0 Å². The maximum atomic E-state index is 14.2. The first-order valence-electron chi connectivity index (χ1n) is 8.11. The fourth-order valence-corrected chi connectivity index (χ4v) is 3.69. The van der Waals surface area contributed by atoms with E-state index in [-0.39, 0.29) is 21.4 Å². The molecular weight excluding hydrogens is 356 g/mol. The van der Waals surface area contributed by atoms with Crippen LogP contribution in [-0.2, 0) is 9.59 Å². The van der Waals surface area contributed by atoms with Gasteiger partial charge in [-0.05, 0) is 24.6 Å². The summed E-state index contributed by atoms with van der Waals surface area (Å²) in [6.45, 7) is 5.71. The van der Waals surface area contributed by atoms with E-state index in [2.05, 4.69) is 0 Å². The summed E-state index contributed by atoms with van der Waals surface area (Å²) in [6, 6.07) is 9.89. The van der Waals surface area contributed by atoms with Crippen LogP contribution in [0.15, 0.2) is 47.4 Å².